The van der Waals surface area contributed by atoms with Crippen LogP contribution in [0.4, 0.5) is 0 Å². The predicted octanol–water partition coefficient (Wildman–Crippen LogP) is 5.46. The fraction of sp³-hybridized carbons (Fsp3) is 0.333. The number of aryl methyl sites for hydroxylation is 2. The number of carbonyl (C=O) groups is 1. The molecule has 2 aromatic heterocycles. The maximum Gasteiger partial charge on any atom is 0.289 e. The first-order chi connectivity index (χ1) is 14.1. The summed E-state index contributed by atoms with van der Waals surface area (Å²) in [5.74, 6) is 1.47. The molecule has 0 bridgehead atoms. The Morgan fingerprint density at radius 2 is 1.90 bits per heavy atom. The van der Waals surface area contributed by atoms with E-state index in [4.69, 9.17) is 8.83 Å². The highest BCUT2D eigenvalue weighted by Gasteiger charge is 2.30. The van der Waals surface area contributed by atoms with E-state index in [1.165, 1.54) is 5.56 Å². The maximum absolute atomic E-state index is 13.1. The molecule has 5 rings (SSSR count). The van der Waals surface area contributed by atoms with Crippen molar-refractivity contribution in [2.24, 2.45) is 0 Å². The Labute approximate surface area is 169 Å². The van der Waals surface area contributed by atoms with Crippen LogP contribution in [0.5, 0.6) is 0 Å². The van der Waals surface area contributed by atoms with Crippen LogP contribution >= 0.6 is 0 Å². The molecule has 0 atom stereocenters. The normalized spacial score (nSPS) is 15.4. The molecule has 2 aromatic carbocycles. The van der Waals surface area contributed by atoms with Crippen molar-refractivity contribution in [3.05, 3.63) is 65.2 Å². The molecule has 3 heterocycles. The molecular formula is C24H24N2O3. The van der Waals surface area contributed by atoms with E-state index in [0.29, 0.717) is 18.8 Å². The van der Waals surface area contributed by atoms with Crippen LogP contribution in [0, 0.1) is 6.92 Å². The van der Waals surface area contributed by atoms with Gasteiger partial charge in [-0.3, -0.25) is 4.79 Å². The second-order valence-electron chi connectivity index (χ2n) is 7.83. The molecule has 1 aliphatic rings. The summed E-state index contributed by atoms with van der Waals surface area (Å²) in [6.07, 6.45) is 2.66. The largest absolute Gasteiger partial charge is 0.451 e. The number of oxazole rings is 1. The molecule has 5 nitrogen and oxygen atoms in total. The fourth-order valence-electron chi connectivity index (χ4n) is 4.23. The van der Waals surface area contributed by atoms with Gasteiger partial charge in [0, 0.05) is 30.0 Å². The molecule has 0 N–H and O–H groups in total. The Kier molecular flexibility index (Phi) is 4.38. The highest BCUT2D eigenvalue weighted by Crippen LogP contribution is 2.32. The van der Waals surface area contributed by atoms with E-state index in [2.05, 4.69) is 24.0 Å². The molecule has 0 radical (unpaired) electrons. The quantitative estimate of drug-likeness (QED) is 0.467. The first-order valence-corrected chi connectivity index (χ1v) is 10.3. The third kappa shape index (κ3) is 3.11. The number of rotatable bonds is 3. The van der Waals surface area contributed by atoms with E-state index in [9.17, 15) is 4.79 Å². The first kappa shape index (κ1) is 18.0. The lowest BCUT2D eigenvalue weighted by atomic mass is 9.96. The van der Waals surface area contributed by atoms with Crippen molar-refractivity contribution in [3.8, 4) is 0 Å². The van der Waals surface area contributed by atoms with Crippen LogP contribution in [-0.2, 0) is 6.42 Å². The minimum atomic E-state index is -0.0206. The molecule has 1 saturated heterocycles. The molecule has 4 aromatic rings. The van der Waals surface area contributed by atoms with Gasteiger partial charge in [-0.15, -0.1) is 0 Å². The Morgan fingerprint density at radius 1 is 1.10 bits per heavy atom. The molecule has 0 unspecified atom stereocenters. The molecule has 0 saturated carbocycles. The molecule has 5 heteroatoms. The number of carbonyl (C=O) groups excluding carboxylic acids is 1. The molecule has 148 valence electrons. The van der Waals surface area contributed by atoms with Gasteiger partial charge in [-0.25, -0.2) is 4.98 Å². The third-order valence-corrected chi connectivity index (χ3v) is 6.04. The number of furan rings is 1. The molecule has 1 fully saturated rings. The number of aromatic nitrogens is 1. The minimum absolute atomic E-state index is 0.0206. The highest BCUT2D eigenvalue weighted by molar-refractivity contribution is 5.99. The zero-order chi connectivity index (χ0) is 20.0. The smallest absolute Gasteiger partial charge is 0.289 e. The molecule has 1 aliphatic heterocycles. The Hall–Kier alpha value is -3.08. The van der Waals surface area contributed by atoms with Gasteiger partial charge in [0.15, 0.2) is 17.2 Å². The molecule has 0 aliphatic carbocycles. The lowest BCUT2D eigenvalue weighted by Crippen LogP contribution is -2.38. The van der Waals surface area contributed by atoms with Crippen LogP contribution in [0.3, 0.4) is 0 Å². The van der Waals surface area contributed by atoms with Gasteiger partial charge in [0.05, 0.1) is 0 Å². The Balaban J connectivity index is 1.33. The Morgan fingerprint density at radius 3 is 2.66 bits per heavy atom. The third-order valence-electron chi connectivity index (χ3n) is 6.04. The van der Waals surface area contributed by atoms with Crippen molar-refractivity contribution < 1.29 is 13.6 Å². The SMILES string of the molecule is CCc1ccc2oc(C(=O)N3CCC(c4nc5ccccc5o4)CC3)c(C)c2c1. The number of hydrogen-bond acceptors (Lipinski definition) is 4. The summed E-state index contributed by atoms with van der Waals surface area (Å²) in [5.41, 5.74) is 4.68. The number of likely N-dealkylation sites (tertiary alicyclic amines) is 1. The van der Waals surface area contributed by atoms with Gasteiger partial charge in [0.25, 0.3) is 5.91 Å². The lowest BCUT2D eigenvalue weighted by Gasteiger charge is -2.30. The second kappa shape index (κ2) is 7.07. The maximum atomic E-state index is 13.1. The predicted molar refractivity (Wildman–Crippen MR) is 112 cm³/mol. The van der Waals surface area contributed by atoms with Crippen LogP contribution in [0.2, 0.25) is 0 Å². The van der Waals surface area contributed by atoms with Gasteiger partial charge in [0.2, 0.25) is 0 Å². The van der Waals surface area contributed by atoms with Gasteiger partial charge < -0.3 is 13.7 Å². The first-order valence-electron chi connectivity index (χ1n) is 10.3. The van der Waals surface area contributed by atoms with E-state index in [-0.39, 0.29) is 11.8 Å². The molecule has 29 heavy (non-hydrogen) atoms. The van der Waals surface area contributed by atoms with Crippen LogP contribution in [-0.4, -0.2) is 28.9 Å². The second-order valence-corrected chi connectivity index (χ2v) is 7.83. The number of amides is 1. The van der Waals surface area contributed by atoms with E-state index >= 15 is 0 Å². The molecular weight excluding hydrogens is 364 g/mol. The standard InChI is InChI=1S/C24H24N2O3/c1-3-16-8-9-20-18(14-16)15(2)22(28-20)24(27)26-12-10-17(11-13-26)23-25-19-6-4-5-7-21(19)29-23/h4-9,14,17H,3,10-13H2,1-2H3. The zero-order valence-corrected chi connectivity index (χ0v) is 16.8. The number of nitrogens with zero attached hydrogens (tertiary/aromatic N) is 2. The summed E-state index contributed by atoms with van der Waals surface area (Å²) in [6, 6.07) is 14.0. The summed E-state index contributed by atoms with van der Waals surface area (Å²) in [7, 11) is 0. The van der Waals surface area contributed by atoms with Crippen LogP contribution in [0.1, 0.15) is 53.3 Å². The zero-order valence-electron chi connectivity index (χ0n) is 16.8. The summed E-state index contributed by atoms with van der Waals surface area (Å²) in [6.45, 7) is 5.46. The number of piperidine rings is 1. The monoisotopic (exact) mass is 388 g/mol. The molecule has 0 spiro atoms. The van der Waals surface area contributed by atoms with Crippen LogP contribution < -0.4 is 0 Å². The van der Waals surface area contributed by atoms with Crippen molar-refractivity contribution in [3.63, 3.8) is 0 Å². The van der Waals surface area contributed by atoms with Crippen molar-refractivity contribution in [2.75, 3.05) is 13.1 Å². The van der Waals surface area contributed by atoms with Crippen LogP contribution in [0.15, 0.2) is 51.3 Å². The Bertz CT molecular complexity index is 1160. The van der Waals surface area contributed by atoms with Crippen LogP contribution in [0.25, 0.3) is 22.1 Å². The van der Waals surface area contributed by atoms with Crippen molar-refractivity contribution in [2.45, 2.75) is 39.0 Å². The van der Waals surface area contributed by atoms with Gasteiger partial charge in [-0.05, 0) is 56.0 Å². The van der Waals surface area contributed by atoms with Crippen molar-refractivity contribution in [1.82, 2.24) is 9.88 Å². The average molecular weight is 388 g/mol. The van der Waals surface area contributed by atoms with Gasteiger partial charge in [-0.2, -0.15) is 0 Å². The number of benzene rings is 2. The molecule has 1 amide bonds. The lowest BCUT2D eigenvalue weighted by molar-refractivity contribution is 0.0676. The van der Waals surface area contributed by atoms with Crippen molar-refractivity contribution >= 4 is 28.0 Å². The number of fused-ring (bicyclic) bond motifs is 2. The summed E-state index contributed by atoms with van der Waals surface area (Å²) >= 11 is 0. The summed E-state index contributed by atoms with van der Waals surface area (Å²) in [5, 5.41) is 1.04. The number of para-hydroxylation sites is 2. The number of hydrogen-bond donors (Lipinski definition) is 0. The summed E-state index contributed by atoms with van der Waals surface area (Å²) < 4.78 is 11.9. The van der Waals surface area contributed by atoms with E-state index in [1.807, 2.05) is 42.2 Å². The average Bonchev–Trinajstić information content (AvgIpc) is 3.34. The fourth-order valence-corrected chi connectivity index (χ4v) is 4.23. The van der Waals surface area contributed by atoms with Gasteiger partial charge >= 0.3 is 0 Å². The van der Waals surface area contributed by atoms with Gasteiger partial charge in [-0.1, -0.05) is 25.1 Å². The van der Waals surface area contributed by atoms with E-state index in [1.54, 1.807) is 0 Å². The summed E-state index contributed by atoms with van der Waals surface area (Å²) in [4.78, 5) is 19.7. The highest BCUT2D eigenvalue weighted by atomic mass is 16.4. The van der Waals surface area contributed by atoms with E-state index < -0.39 is 0 Å². The van der Waals surface area contributed by atoms with Gasteiger partial charge in [0.1, 0.15) is 11.1 Å². The topological polar surface area (TPSA) is 59.5 Å². The van der Waals surface area contributed by atoms with Crippen molar-refractivity contribution in [1.29, 1.82) is 0 Å². The minimum Gasteiger partial charge on any atom is -0.451 e. The van der Waals surface area contributed by atoms with E-state index in [0.717, 1.165) is 52.8 Å².